The third-order valence-corrected chi connectivity index (χ3v) is 6.99. The average Bonchev–Trinajstić information content (AvgIpc) is 2.79. The molecular weight excluding hydrogens is 440 g/mol. The van der Waals surface area contributed by atoms with Crippen LogP contribution < -0.4 is 10.6 Å². The Morgan fingerprint density at radius 3 is 2.50 bits per heavy atom. The van der Waals surface area contributed by atoms with Gasteiger partial charge in [0.25, 0.3) is 5.91 Å². The molecule has 1 heterocycles. The second kappa shape index (κ2) is 10.0. The number of nitrogens with one attached hydrogen (secondary N) is 2. The van der Waals surface area contributed by atoms with Gasteiger partial charge in [0.05, 0.1) is 4.90 Å². The molecule has 1 fully saturated rings. The molecule has 0 aliphatic carbocycles. The van der Waals surface area contributed by atoms with E-state index >= 15 is 0 Å². The van der Waals surface area contributed by atoms with Crippen LogP contribution in [0.15, 0.2) is 60.0 Å². The van der Waals surface area contributed by atoms with Gasteiger partial charge in [-0.3, -0.25) is 9.59 Å². The fourth-order valence-electron chi connectivity index (χ4n) is 3.40. The minimum Gasteiger partial charge on any atom is -0.349 e. The molecule has 32 heavy (non-hydrogen) atoms. The van der Waals surface area contributed by atoms with Crippen LogP contribution in [-0.2, 0) is 21.4 Å². The zero-order valence-corrected chi connectivity index (χ0v) is 18.0. The summed E-state index contributed by atoms with van der Waals surface area (Å²) in [5, 5.41) is 5.30. The Morgan fingerprint density at radius 2 is 1.84 bits per heavy atom. The Morgan fingerprint density at radius 1 is 1.12 bits per heavy atom. The van der Waals surface area contributed by atoms with E-state index in [2.05, 4.69) is 17.2 Å². The van der Waals surface area contributed by atoms with Crippen molar-refractivity contribution in [1.82, 2.24) is 14.9 Å². The smallest absolute Gasteiger partial charge is 0.251 e. The van der Waals surface area contributed by atoms with E-state index in [0.717, 1.165) is 18.2 Å². The van der Waals surface area contributed by atoms with Gasteiger partial charge in [0.2, 0.25) is 15.9 Å². The van der Waals surface area contributed by atoms with E-state index in [0.29, 0.717) is 24.9 Å². The highest BCUT2D eigenvalue weighted by Crippen LogP contribution is 2.21. The molecule has 0 aromatic heterocycles. The number of hydrogen-bond acceptors (Lipinski definition) is 4. The number of amides is 2. The van der Waals surface area contributed by atoms with Gasteiger partial charge in [-0.05, 0) is 60.9 Å². The van der Waals surface area contributed by atoms with Crippen molar-refractivity contribution >= 4 is 21.8 Å². The number of benzene rings is 2. The first-order valence-corrected chi connectivity index (χ1v) is 11.4. The molecule has 1 atom stereocenters. The summed E-state index contributed by atoms with van der Waals surface area (Å²) in [7, 11) is -3.80. The normalized spacial score (nSPS) is 16.9. The van der Waals surface area contributed by atoms with Crippen molar-refractivity contribution < 1.29 is 26.8 Å². The average molecular weight is 464 g/mol. The molecule has 3 rings (SSSR count). The highest BCUT2D eigenvalue weighted by molar-refractivity contribution is 7.89. The van der Waals surface area contributed by atoms with Gasteiger partial charge < -0.3 is 10.6 Å². The molecule has 0 unspecified atom stereocenters. The molecule has 1 aliphatic rings. The third kappa shape index (κ3) is 5.57. The standard InChI is InChI=1S/C22H23F2N3O4S/c1-2-21(28)26-17-4-3-11-27(14-17)32(30,31)18-8-6-16(7-9-18)22(29)25-13-15-5-10-19(23)20(24)12-15/h2,5-10,12,17H,1,3-4,11,13-14H2,(H,25,29)(H,26,28)/t17-/m0/s1. The Bertz CT molecular complexity index is 1120. The van der Waals surface area contributed by atoms with E-state index < -0.39 is 27.6 Å². The number of hydrogen-bond donors (Lipinski definition) is 2. The van der Waals surface area contributed by atoms with Gasteiger partial charge in [-0.25, -0.2) is 17.2 Å². The van der Waals surface area contributed by atoms with Gasteiger partial charge in [0.15, 0.2) is 11.6 Å². The fraction of sp³-hybridized carbons (Fsp3) is 0.273. The number of carbonyl (C=O) groups excluding carboxylic acids is 2. The minimum atomic E-state index is -3.80. The van der Waals surface area contributed by atoms with Crippen LogP contribution in [0.5, 0.6) is 0 Å². The predicted molar refractivity (Wildman–Crippen MR) is 114 cm³/mol. The fourth-order valence-corrected chi connectivity index (χ4v) is 4.92. The maximum Gasteiger partial charge on any atom is 0.251 e. The highest BCUT2D eigenvalue weighted by atomic mass is 32.2. The monoisotopic (exact) mass is 463 g/mol. The SMILES string of the molecule is C=CC(=O)N[C@H]1CCCN(S(=O)(=O)c2ccc(C(=O)NCc3ccc(F)c(F)c3)cc2)C1. The lowest BCUT2D eigenvalue weighted by Gasteiger charge is -2.32. The molecule has 2 N–H and O–H groups in total. The number of piperidine rings is 1. The van der Waals surface area contributed by atoms with Gasteiger partial charge in [0, 0.05) is 31.2 Å². The van der Waals surface area contributed by atoms with Crippen LogP contribution in [0.2, 0.25) is 0 Å². The van der Waals surface area contributed by atoms with Crippen molar-refractivity contribution in [2.24, 2.45) is 0 Å². The Labute approximate surface area is 185 Å². The summed E-state index contributed by atoms with van der Waals surface area (Å²) >= 11 is 0. The Hall–Kier alpha value is -3.11. The van der Waals surface area contributed by atoms with Crippen molar-refractivity contribution in [3.05, 3.63) is 77.9 Å². The van der Waals surface area contributed by atoms with Crippen LogP contribution in [0, 0.1) is 11.6 Å². The molecule has 2 amide bonds. The molecule has 1 aliphatic heterocycles. The van der Waals surface area contributed by atoms with Crippen molar-refractivity contribution in [2.75, 3.05) is 13.1 Å². The molecule has 0 radical (unpaired) electrons. The lowest BCUT2D eigenvalue weighted by Crippen LogP contribution is -2.49. The van der Waals surface area contributed by atoms with E-state index in [1.807, 2.05) is 0 Å². The lowest BCUT2D eigenvalue weighted by molar-refractivity contribution is -0.117. The zero-order valence-electron chi connectivity index (χ0n) is 17.2. The van der Waals surface area contributed by atoms with Crippen molar-refractivity contribution in [3.63, 3.8) is 0 Å². The van der Waals surface area contributed by atoms with Crippen LogP contribution in [0.4, 0.5) is 8.78 Å². The van der Waals surface area contributed by atoms with Crippen LogP contribution in [0.1, 0.15) is 28.8 Å². The lowest BCUT2D eigenvalue weighted by atomic mass is 10.1. The first kappa shape index (κ1) is 23.6. The van der Waals surface area contributed by atoms with Gasteiger partial charge >= 0.3 is 0 Å². The Balaban J connectivity index is 1.64. The first-order valence-electron chi connectivity index (χ1n) is 9.96. The Kier molecular flexibility index (Phi) is 7.37. The molecular formula is C22H23F2N3O4S. The summed E-state index contributed by atoms with van der Waals surface area (Å²) in [5.41, 5.74) is 0.612. The van der Waals surface area contributed by atoms with E-state index in [1.54, 1.807) is 0 Å². The maximum atomic E-state index is 13.3. The summed E-state index contributed by atoms with van der Waals surface area (Å²) in [6.45, 7) is 3.86. The molecule has 170 valence electrons. The molecule has 0 spiro atoms. The van der Waals surface area contributed by atoms with Crippen LogP contribution in [0.25, 0.3) is 0 Å². The van der Waals surface area contributed by atoms with Gasteiger partial charge in [-0.2, -0.15) is 4.31 Å². The number of halogens is 2. The minimum absolute atomic E-state index is 0.0122. The molecule has 0 bridgehead atoms. The summed E-state index contributed by atoms with van der Waals surface area (Å²) in [4.78, 5) is 23.9. The second-order valence-corrected chi connectivity index (χ2v) is 9.31. The second-order valence-electron chi connectivity index (χ2n) is 7.37. The highest BCUT2D eigenvalue weighted by Gasteiger charge is 2.30. The third-order valence-electron chi connectivity index (χ3n) is 5.11. The first-order chi connectivity index (χ1) is 15.2. The summed E-state index contributed by atoms with van der Waals surface area (Å²) in [5.74, 6) is -2.81. The number of rotatable bonds is 7. The molecule has 0 saturated carbocycles. The van der Waals surface area contributed by atoms with Crippen molar-refractivity contribution in [3.8, 4) is 0 Å². The topological polar surface area (TPSA) is 95.6 Å². The van der Waals surface area contributed by atoms with Crippen LogP contribution in [-0.4, -0.2) is 43.7 Å². The molecule has 2 aromatic carbocycles. The molecule has 2 aromatic rings. The number of carbonyl (C=O) groups is 2. The van der Waals surface area contributed by atoms with Gasteiger partial charge in [0.1, 0.15) is 0 Å². The summed E-state index contributed by atoms with van der Waals surface area (Å²) in [6.07, 6.45) is 2.41. The maximum absolute atomic E-state index is 13.3. The number of sulfonamides is 1. The van der Waals surface area contributed by atoms with E-state index in [1.165, 1.54) is 34.6 Å². The van der Waals surface area contributed by atoms with Crippen LogP contribution >= 0.6 is 0 Å². The summed E-state index contributed by atoms with van der Waals surface area (Å²) < 4.78 is 53.5. The summed E-state index contributed by atoms with van der Waals surface area (Å²) in [6, 6.07) is 8.48. The quantitative estimate of drug-likeness (QED) is 0.617. The zero-order chi connectivity index (χ0) is 23.3. The van der Waals surface area contributed by atoms with Crippen molar-refractivity contribution in [2.45, 2.75) is 30.3 Å². The molecule has 7 nitrogen and oxygen atoms in total. The molecule has 1 saturated heterocycles. The van der Waals surface area contributed by atoms with Gasteiger partial charge in [-0.15, -0.1) is 0 Å². The number of nitrogens with zero attached hydrogens (tertiary/aromatic N) is 1. The van der Waals surface area contributed by atoms with E-state index in [4.69, 9.17) is 0 Å². The largest absolute Gasteiger partial charge is 0.349 e. The van der Waals surface area contributed by atoms with Gasteiger partial charge in [-0.1, -0.05) is 12.6 Å². The predicted octanol–water partition coefficient (Wildman–Crippen LogP) is 2.35. The van der Waals surface area contributed by atoms with Crippen LogP contribution in [0.3, 0.4) is 0 Å². The van der Waals surface area contributed by atoms with E-state index in [-0.39, 0.29) is 35.5 Å². The van der Waals surface area contributed by atoms with Crippen molar-refractivity contribution in [1.29, 1.82) is 0 Å². The van der Waals surface area contributed by atoms with E-state index in [9.17, 15) is 26.8 Å². The molecule has 10 heteroatoms.